The van der Waals surface area contributed by atoms with Gasteiger partial charge >= 0.3 is 6.09 Å². The van der Waals surface area contributed by atoms with Crippen LogP contribution < -0.4 is 16.1 Å². The Kier molecular flexibility index (Phi) is 10.8. The Morgan fingerprint density at radius 1 is 0.953 bits per heavy atom. The zero-order chi connectivity index (χ0) is 30.6. The van der Waals surface area contributed by atoms with Crippen LogP contribution in [0.15, 0.2) is 101 Å². The summed E-state index contributed by atoms with van der Waals surface area (Å²) >= 11 is 1.04. The number of benzene rings is 4. The maximum Gasteiger partial charge on any atom is 0.407 e. The van der Waals surface area contributed by atoms with E-state index in [2.05, 4.69) is 21.2 Å². The number of ether oxygens (including phenoxy) is 1. The van der Waals surface area contributed by atoms with Crippen LogP contribution in [0.1, 0.15) is 30.5 Å². The van der Waals surface area contributed by atoms with Gasteiger partial charge in [-0.3, -0.25) is 19.7 Å². The lowest BCUT2D eigenvalue weighted by molar-refractivity contribution is -0.387. The quantitative estimate of drug-likeness (QED) is 0.0805. The number of nitro groups is 1. The van der Waals surface area contributed by atoms with Gasteiger partial charge in [-0.05, 0) is 41.5 Å². The molecule has 0 saturated heterocycles. The third kappa shape index (κ3) is 9.13. The first-order chi connectivity index (χ1) is 20.8. The number of carbonyl (C=O) groups excluding carboxylic acids is 3. The van der Waals surface area contributed by atoms with E-state index in [4.69, 9.17) is 4.74 Å². The standard InChI is InChI=1S/C31H29N5O6S/c1-2-42-31(39)34-26(23-9-4-3-5-10-23)18-29(37)35-32-19-21-12-15-28(27(16-21)36(40)41)43-20-30(38)33-25-14-13-22-8-6-7-11-24(22)17-25/h3-17,19,26H,2,18,20H2,1H3,(H,33,38)(H,34,39)(H,35,37)/b32-19-/t26-/m0/s1. The second kappa shape index (κ2) is 15.1. The average Bonchev–Trinajstić information content (AvgIpc) is 3.00. The van der Waals surface area contributed by atoms with Crippen LogP contribution in [0.4, 0.5) is 16.2 Å². The van der Waals surface area contributed by atoms with Gasteiger partial charge in [0, 0.05) is 17.3 Å². The van der Waals surface area contributed by atoms with Crippen LogP contribution in [0, 0.1) is 10.1 Å². The van der Waals surface area contributed by atoms with E-state index in [0.717, 1.165) is 22.5 Å². The van der Waals surface area contributed by atoms with Gasteiger partial charge in [-0.2, -0.15) is 5.10 Å². The highest BCUT2D eigenvalue weighted by atomic mass is 32.2. The number of thioether (sulfide) groups is 1. The molecule has 12 heteroatoms. The van der Waals surface area contributed by atoms with Crippen molar-refractivity contribution < 1.29 is 24.0 Å². The Balaban J connectivity index is 1.34. The van der Waals surface area contributed by atoms with Crippen molar-refractivity contribution in [1.82, 2.24) is 10.7 Å². The largest absolute Gasteiger partial charge is 0.450 e. The molecule has 0 unspecified atom stereocenters. The molecule has 43 heavy (non-hydrogen) atoms. The summed E-state index contributed by atoms with van der Waals surface area (Å²) in [5, 5.41) is 23.2. The molecule has 0 aromatic heterocycles. The molecule has 4 aromatic rings. The molecule has 220 valence electrons. The first-order valence-electron chi connectivity index (χ1n) is 13.3. The van der Waals surface area contributed by atoms with Crippen molar-refractivity contribution in [1.29, 1.82) is 0 Å². The molecule has 0 fully saturated rings. The van der Waals surface area contributed by atoms with Gasteiger partial charge in [-0.1, -0.05) is 66.7 Å². The van der Waals surface area contributed by atoms with E-state index in [-0.39, 0.29) is 30.4 Å². The molecule has 0 bridgehead atoms. The number of anilines is 1. The highest BCUT2D eigenvalue weighted by Crippen LogP contribution is 2.30. The summed E-state index contributed by atoms with van der Waals surface area (Å²) < 4.78 is 4.94. The van der Waals surface area contributed by atoms with E-state index in [1.54, 1.807) is 43.3 Å². The maximum atomic E-state index is 12.6. The molecule has 0 aliphatic rings. The lowest BCUT2D eigenvalue weighted by Gasteiger charge is -2.18. The SMILES string of the molecule is CCOC(=O)N[C@@H](CC(=O)N/N=C\c1ccc(SCC(=O)Nc2ccc3ccccc3c2)c([N+](=O)[O-])c1)c1ccccc1. The minimum absolute atomic E-state index is 0.0282. The highest BCUT2D eigenvalue weighted by molar-refractivity contribution is 8.00. The van der Waals surface area contributed by atoms with Crippen molar-refractivity contribution in [2.24, 2.45) is 5.10 Å². The van der Waals surface area contributed by atoms with Gasteiger partial charge in [0.2, 0.25) is 11.8 Å². The molecule has 11 nitrogen and oxygen atoms in total. The fourth-order valence-corrected chi connectivity index (χ4v) is 4.95. The lowest BCUT2D eigenvalue weighted by Crippen LogP contribution is -2.33. The predicted octanol–water partition coefficient (Wildman–Crippen LogP) is 5.81. The van der Waals surface area contributed by atoms with Gasteiger partial charge in [0.25, 0.3) is 5.69 Å². The molecule has 0 aliphatic carbocycles. The van der Waals surface area contributed by atoms with Crippen LogP contribution in [0.25, 0.3) is 10.8 Å². The van der Waals surface area contributed by atoms with Gasteiger partial charge < -0.3 is 15.4 Å². The number of nitrogens with zero attached hydrogens (tertiary/aromatic N) is 2. The van der Waals surface area contributed by atoms with E-state index in [1.165, 1.54) is 18.3 Å². The first-order valence-corrected chi connectivity index (χ1v) is 14.3. The summed E-state index contributed by atoms with van der Waals surface area (Å²) in [4.78, 5) is 48.6. The Hall–Kier alpha value is -5.23. The third-order valence-corrected chi connectivity index (χ3v) is 7.20. The minimum atomic E-state index is -0.649. The van der Waals surface area contributed by atoms with Crippen LogP contribution in [-0.4, -0.2) is 41.4 Å². The van der Waals surface area contributed by atoms with Gasteiger partial charge in [0.15, 0.2) is 0 Å². The summed E-state index contributed by atoms with van der Waals surface area (Å²) in [7, 11) is 0. The zero-order valence-corrected chi connectivity index (χ0v) is 24.0. The van der Waals surface area contributed by atoms with Crippen LogP contribution >= 0.6 is 11.8 Å². The third-order valence-electron chi connectivity index (χ3n) is 6.13. The first kappa shape index (κ1) is 30.7. The van der Waals surface area contributed by atoms with E-state index < -0.39 is 23.0 Å². The molecule has 0 saturated carbocycles. The number of alkyl carbamates (subject to hydrolysis) is 1. The smallest absolute Gasteiger partial charge is 0.407 e. The van der Waals surface area contributed by atoms with Gasteiger partial charge in [-0.25, -0.2) is 10.2 Å². The Labute approximate surface area is 251 Å². The fraction of sp³-hybridized carbons (Fsp3) is 0.161. The van der Waals surface area contributed by atoms with Crippen molar-refractivity contribution in [2.75, 3.05) is 17.7 Å². The van der Waals surface area contributed by atoms with E-state index >= 15 is 0 Å². The molecule has 0 spiro atoms. The highest BCUT2D eigenvalue weighted by Gasteiger charge is 2.19. The molecule has 0 radical (unpaired) electrons. The van der Waals surface area contributed by atoms with Crippen molar-refractivity contribution in [2.45, 2.75) is 24.3 Å². The lowest BCUT2D eigenvalue weighted by atomic mass is 10.0. The molecule has 4 rings (SSSR count). The second-order valence-corrected chi connectivity index (χ2v) is 10.2. The normalized spacial score (nSPS) is 11.6. The molecule has 0 aliphatic heterocycles. The minimum Gasteiger partial charge on any atom is -0.450 e. The Morgan fingerprint density at radius 3 is 2.44 bits per heavy atom. The van der Waals surface area contributed by atoms with Crippen molar-refractivity contribution in [3.63, 3.8) is 0 Å². The molecule has 1 atom stereocenters. The van der Waals surface area contributed by atoms with Gasteiger partial charge in [-0.15, -0.1) is 11.8 Å². The fourth-order valence-electron chi connectivity index (χ4n) is 4.15. The van der Waals surface area contributed by atoms with Crippen molar-refractivity contribution in [3.05, 3.63) is 112 Å². The monoisotopic (exact) mass is 599 g/mol. The predicted molar refractivity (Wildman–Crippen MR) is 166 cm³/mol. The number of fused-ring (bicyclic) bond motifs is 1. The van der Waals surface area contributed by atoms with Crippen LogP contribution in [0.3, 0.4) is 0 Å². The number of rotatable bonds is 12. The van der Waals surface area contributed by atoms with E-state index in [9.17, 15) is 24.5 Å². The Morgan fingerprint density at radius 2 is 1.70 bits per heavy atom. The van der Waals surface area contributed by atoms with Crippen LogP contribution in [-0.2, 0) is 14.3 Å². The topological polar surface area (TPSA) is 152 Å². The van der Waals surface area contributed by atoms with Gasteiger partial charge in [0.1, 0.15) is 0 Å². The van der Waals surface area contributed by atoms with E-state index in [1.807, 2.05) is 42.5 Å². The summed E-state index contributed by atoms with van der Waals surface area (Å²) in [6.45, 7) is 1.87. The summed E-state index contributed by atoms with van der Waals surface area (Å²) in [6, 6.07) is 26.1. The van der Waals surface area contributed by atoms with Gasteiger partial charge in [0.05, 0.1) is 40.9 Å². The van der Waals surface area contributed by atoms with Crippen molar-refractivity contribution in [3.8, 4) is 0 Å². The molecule has 4 aromatic carbocycles. The van der Waals surface area contributed by atoms with Crippen molar-refractivity contribution >= 4 is 58.0 Å². The molecular weight excluding hydrogens is 570 g/mol. The maximum absolute atomic E-state index is 12.6. The number of hydrogen-bond donors (Lipinski definition) is 3. The number of amides is 3. The summed E-state index contributed by atoms with van der Waals surface area (Å²) in [5.74, 6) is -0.810. The number of carbonyl (C=O) groups is 3. The second-order valence-electron chi connectivity index (χ2n) is 9.21. The molecule has 0 heterocycles. The average molecular weight is 600 g/mol. The molecule has 3 N–H and O–H groups in total. The number of nitrogens with one attached hydrogen (secondary N) is 3. The zero-order valence-electron chi connectivity index (χ0n) is 23.2. The van der Waals surface area contributed by atoms with E-state index in [0.29, 0.717) is 21.7 Å². The number of nitro benzene ring substituents is 1. The Bertz CT molecular complexity index is 1650. The number of hydrazone groups is 1. The number of hydrogen-bond acceptors (Lipinski definition) is 8. The van der Waals surface area contributed by atoms with Crippen LogP contribution in [0.5, 0.6) is 0 Å². The summed E-state index contributed by atoms with van der Waals surface area (Å²) in [6.07, 6.45) is 0.517. The molecular formula is C31H29N5O6S. The van der Waals surface area contributed by atoms with Crippen LogP contribution in [0.2, 0.25) is 0 Å². The molecule has 3 amide bonds. The summed E-state index contributed by atoms with van der Waals surface area (Å²) in [5.41, 5.74) is 3.92.